The van der Waals surface area contributed by atoms with E-state index in [9.17, 15) is 23.1 Å². The number of carboxylic acid groups (broad SMARTS) is 1. The second-order valence-corrected chi connectivity index (χ2v) is 9.99. The summed E-state index contributed by atoms with van der Waals surface area (Å²) in [4.78, 5) is 24.4. The first kappa shape index (κ1) is 22.4. The molecule has 1 amide bonds. The number of hydrogen-bond acceptors (Lipinski definition) is 4. The second-order valence-electron chi connectivity index (χ2n) is 7.66. The van der Waals surface area contributed by atoms with Crippen molar-refractivity contribution in [3.8, 4) is 0 Å². The minimum absolute atomic E-state index is 0.238. The first-order chi connectivity index (χ1) is 13.3. The Labute approximate surface area is 167 Å². The highest BCUT2D eigenvalue weighted by Gasteiger charge is 2.34. The molecule has 1 saturated carbocycles. The van der Waals surface area contributed by atoms with Crippen molar-refractivity contribution in [2.45, 2.75) is 69.6 Å². The molecule has 0 aliphatic heterocycles. The molecule has 2 rings (SSSR count). The van der Waals surface area contributed by atoms with E-state index in [1.165, 1.54) is 0 Å². The molecule has 0 saturated heterocycles. The molecule has 2 atom stereocenters. The Balaban J connectivity index is 2.16. The molecular formula is C21H31NO5S. The molecular weight excluding hydrogens is 378 g/mol. The van der Waals surface area contributed by atoms with E-state index < -0.39 is 33.7 Å². The van der Waals surface area contributed by atoms with E-state index in [0.717, 1.165) is 24.8 Å². The van der Waals surface area contributed by atoms with Crippen LogP contribution in [0.4, 0.5) is 0 Å². The lowest BCUT2D eigenvalue weighted by atomic mass is 9.99. The van der Waals surface area contributed by atoms with Gasteiger partial charge in [-0.05, 0) is 31.2 Å². The molecule has 1 aliphatic carbocycles. The van der Waals surface area contributed by atoms with Crippen molar-refractivity contribution in [1.82, 2.24) is 5.32 Å². The van der Waals surface area contributed by atoms with Crippen molar-refractivity contribution in [2.75, 3.05) is 5.75 Å². The Morgan fingerprint density at radius 3 is 2.39 bits per heavy atom. The zero-order chi connectivity index (χ0) is 20.6. The summed E-state index contributed by atoms with van der Waals surface area (Å²) in [6, 6.07) is 8.27. The Bertz CT molecular complexity index is 741. The van der Waals surface area contributed by atoms with Gasteiger partial charge in [0.15, 0.2) is 9.84 Å². The maximum atomic E-state index is 12.9. The molecule has 1 fully saturated rings. The molecule has 1 aromatic carbocycles. The number of benzene rings is 1. The normalized spacial score (nSPS) is 17.2. The topological polar surface area (TPSA) is 101 Å². The van der Waals surface area contributed by atoms with Crippen LogP contribution in [0.25, 0.3) is 0 Å². The molecule has 7 heteroatoms. The van der Waals surface area contributed by atoms with E-state index in [1.807, 2.05) is 37.3 Å². The number of carbonyl (C=O) groups is 2. The first-order valence-electron chi connectivity index (χ1n) is 10.1. The van der Waals surface area contributed by atoms with Crippen molar-refractivity contribution in [3.63, 3.8) is 0 Å². The summed E-state index contributed by atoms with van der Waals surface area (Å²) in [6.07, 6.45) is 5.22. The summed E-state index contributed by atoms with van der Waals surface area (Å²) in [5.74, 6) is -2.61. The van der Waals surface area contributed by atoms with Crippen LogP contribution in [0.2, 0.25) is 0 Å². The summed E-state index contributed by atoms with van der Waals surface area (Å²) >= 11 is 0. The number of sulfone groups is 1. The fourth-order valence-corrected chi connectivity index (χ4v) is 5.90. The molecule has 0 aromatic heterocycles. The summed E-state index contributed by atoms with van der Waals surface area (Å²) in [6.45, 7) is 1.95. The molecule has 0 spiro atoms. The predicted octanol–water partition coefficient (Wildman–Crippen LogP) is 2.96. The number of carbonyl (C=O) groups excluding carboxylic acids is 1. The lowest BCUT2D eigenvalue weighted by molar-refractivity contribution is -0.142. The van der Waals surface area contributed by atoms with Crippen LogP contribution in [0.5, 0.6) is 0 Å². The molecule has 0 radical (unpaired) electrons. The molecule has 6 nitrogen and oxygen atoms in total. The zero-order valence-corrected chi connectivity index (χ0v) is 17.3. The lowest BCUT2D eigenvalue weighted by Gasteiger charge is -2.22. The maximum absolute atomic E-state index is 12.9. The van der Waals surface area contributed by atoms with Gasteiger partial charge in [0.25, 0.3) is 0 Å². The highest BCUT2D eigenvalue weighted by molar-refractivity contribution is 7.92. The van der Waals surface area contributed by atoms with Gasteiger partial charge in [-0.3, -0.25) is 4.79 Å². The van der Waals surface area contributed by atoms with Crippen LogP contribution >= 0.6 is 0 Å². The average Bonchev–Trinajstić information content (AvgIpc) is 3.20. The summed E-state index contributed by atoms with van der Waals surface area (Å²) in [5, 5.41) is 11.6. The maximum Gasteiger partial charge on any atom is 0.326 e. The van der Waals surface area contributed by atoms with Crippen molar-refractivity contribution < 1.29 is 23.1 Å². The molecule has 1 unspecified atom stereocenters. The molecule has 0 heterocycles. The Morgan fingerprint density at radius 2 is 1.82 bits per heavy atom. The standard InChI is InChI=1S/C21H31NO5S/c1-2-3-13-19(21(24)25)22-20(23)17(14-16-9-5-4-6-10-16)15-28(26,27)18-11-7-8-12-18/h4-6,9-10,17-19H,2-3,7-8,11-15H2,1H3,(H,22,23)(H,24,25)/t17?,19-/m0/s1. The molecule has 28 heavy (non-hydrogen) atoms. The van der Waals surface area contributed by atoms with Crippen LogP contribution in [0.3, 0.4) is 0 Å². The van der Waals surface area contributed by atoms with E-state index >= 15 is 0 Å². The van der Waals surface area contributed by atoms with E-state index in [-0.39, 0.29) is 17.4 Å². The number of aliphatic carboxylic acids is 1. The van der Waals surface area contributed by atoms with Gasteiger partial charge >= 0.3 is 5.97 Å². The highest BCUT2D eigenvalue weighted by atomic mass is 32.2. The largest absolute Gasteiger partial charge is 0.480 e. The van der Waals surface area contributed by atoms with Crippen molar-refractivity contribution >= 4 is 21.7 Å². The quantitative estimate of drug-likeness (QED) is 0.585. The Morgan fingerprint density at radius 1 is 1.18 bits per heavy atom. The summed E-state index contributed by atoms with van der Waals surface area (Å²) in [7, 11) is -3.41. The molecule has 1 aliphatic rings. The number of carboxylic acids is 1. The van der Waals surface area contributed by atoms with Gasteiger partial charge in [0.2, 0.25) is 5.91 Å². The smallest absolute Gasteiger partial charge is 0.326 e. The van der Waals surface area contributed by atoms with Gasteiger partial charge in [0.1, 0.15) is 6.04 Å². The lowest BCUT2D eigenvalue weighted by Crippen LogP contribution is -2.46. The fourth-order valence-electron chi connectivity index (χ4n) is 3.75. The van der Waals surface area contributed by atoms with E-state index in [1.54, 1.807) is 0 Å². The molecule has 0 bridgehead atoms. The number of unbranched alkanes of at least 4 members (excludes halogenated alkanes) is 1. The van der Waals surface area contributed by atoms with E-state index in [2.05, 4.69) is 5.32 Å². The third-order valence-electron chi connectivity index (χ3n) is 5.40. The van der Waals surface area contributed by atoms with Crippen LogP contribution in [-0.4, -0.2) is 42.4 Å². The van der Waals surface area contributed by atoms with E-state index in [0.29, 0.717) is 25.7 Å². The van der Waals surface area contributed by atoms with Gasteiger partial charge in [-0.25, -0.2) is 13.2 Å². The van der Waals surface area contributed by atoms with Crippen molar-refractivity contribution in [2.24, 2.45) is 5.92 Å². The van der Waals surface area contributed by atoms with Crippen molar-refractivity contribution in [1.29, 1.82) is 0 Å². The SMILES string of the molecule is CCCC[C@H](NC(=O)C(Cc1ccccc1)CS(=O)(=O)C1CCCC1)C(=O)O. The Hall–Kier alpha value is -1.89. The summed E-state index contributed by atoms with van der Waals surface area (Å²) < 4.78 is 25.7. The minimum Gasteiger partial charge on any atom is -0.480 e. The third-order valence-corrected chi connectivity index (χ3v) is 7.75. The second kappa shape index (κ2) is 10.6. The minimum atomic E-state index is -3.41. The van der Waals surface area contributed by atoms with Gasteiger partial charge in [-0.1, -0.05) is 62.9 Å². The van der Waals surface area contributed by atoms with Crippen LogP contribution in [-0.2, 0) is 25.8 Å². The zero-order valence-electron chi connectivity index (χ0n) is 16.5. The number of rotatable bonds is 11. The molecule has 2 N–H and O–H groups in total. The molecule has 156 valence electrons. The van der Waals surface area contributed by atoms with Gasteiger partial charge in [0.05, 0.1) is 16.9 Å². The van der Waals surface area contributed by atoms with Gasteiger partial charge in [-0.15, -0.1) is 0 Å². The first-order valence-corrected chi connectivity index (χ1v) is 11.8. The average molecular weight is 410 g/mol. The monoisotopic (exact) mass is 409 g/mol. The predicted molar refractivity (Wildman–Crippen MR) is 109 cm³/mol. The summed E-state index contributed by atoms with van der Waals surface area (Å²) in [5.41, 5.74) is 0.865. The fraction of sp³-hybridized carbons (Fsp3) is 0.619. The molecule has 1 aromatic rings. The Kier molecular flexibility index (Phi) is 8.48. The number of hydrogen-bond donors (Lipinski definition) is 2. The van der Waals surface area contributed by atoms with Crippen LogP contribution in [0.1, 0.15) is 57.4 Å². The van der Waals surface area contributed by atoms with Gasteiger partial charge in [-0.2, -0.15) is 0 Å². The number of nitrogens with one attached hydrogen (secondary N) is 1. The van der Waals surface area contributed by atoms with Crippen LogP contribution in [0.15, 0.2) is 30.3 Å². The van der Waals surface area contributed by atoms with Gasteiger partial charge < -0.3 is 10.4 Å². The van der Waals surface area contributed by atoms with E-state index in [4.69, 9.17) is 0 Å². The van der Waals surface area contributed by atoms with Crippen LogP contribution in [0, 0.1) is 5.92 Å². The van der Waals surface area contributed by atoms with Crippen molar-refractivity contribution in [3.05, 3.63) is 35.9 Å². The van der Waals surface area contributed by atoms with Gasteiger partial charge in [0, 0.05) is 0 Å². The highest BCUT2D eigenvalue weighted by Crippen LogP contribution is 2.27. The third kappa shape index (κ3) is 6.62. The van der Waals surface area contributed by atoms with Crippen LogP contribution < -0.4 is 5.32 Å². The number of amides is 1.